The van der Waals surface area contributed by atoms with Crippen molar-refractivity contribution >= 4 is 35.4 Å². The highest BCUT2D eigenvalue weighted by molar-refractivity contribution is 6.04. The second-order valence-corrected chi connectivity index (χ2v) is 16.2. The number of ether oxygens (including phenoxy) is 2. The summed E-state index contributed by atoms with van der Waals surface area (Å²) in [6, 6.07) is 14.4. The topological polar surface area (TPSA) is 77.3 Å². The van der Waals surface area contributed by atoms with E-state index < -0.39 is 0 Å². The third-order valence-electron chi connectivity index (χ3n) is 11.7. The first kappa shape index (κ1) is 45.1. The lowest BCUT2D eigenvalue weighted by molar-refractivity contribution is 0.0877. The predicted molar refractivity (Wildman–Crippen MR) is 240 cm³/mol. The van der Waals surface area contributed by atoms with Gasteiger partial charge in [-0.1, -0.05) is 98.8 Å². The van der Waals surface area contributed by atoms with E-state index in [0.29, 0.717) is 53.8 Å². The van der Waals surface area contributed by atoms with Crippen LogP contribution in [-0.4, -0.2) is 24.0 Å². The van der Waals surface area contributed by atoms with Gasteiger partial charge in [0, 0.05) is 53.9 Å². The zero-order chi connectivity index (χ0) is 41.8. The third kappa shape index (κ3) is 11.7. The van der Waals surface area contributed by atoms with Crippen LogP contribution in [0.3, 0.4) is 0 Å². The number of aliphatic imine (C=N–C) groups is 2. The maximum absolute atomic E-state index is 13.7. The molecule has 6 nitrogen and oxygen atoms in total. The van der Waals surface area contributed by atoms with Crippen molar-refractivity contribution in [2.24, 2.45) is 33.7 Å². The van der Waals surface area contributed by atoms with Crippen molar-refractivity contribution in [3.63, 3.8) is 0 Å². The summed E-state index contributed by atoms with van der Waals surface area (Å²) in [6.45, 7) is 30.1. The van der Waals surface area contributed by atoms with Crippen LogP contribution in [0.5, 0.6) is 11.5 Å². The van der Waals surface area contributed by atoms with Gasteiger partial charge in [0.05, 0.1) is 11.4 Å². The number of carbonyl (C=O) groups is 2. The number of carbonyl (C=O) groups excluding carboxylic acids is 2. The van der Waals surface area contributed by atoms with Crippen LogP contribution in [0, 0.1) is 30.6 Å². The highest BCUT2D eigenvalue weighted by Gasteiger charge is 2.31. The first-order valence-electron chi connectivity index (χ1n) is 21.5. The van der Waals surface area contributed by atoms with Gasteiger partial charge in [0.2, 0.25) is 0 Å². The largest absolute Gasteiger partial charge is 0.489 e. The molecule has 0 spiro atoms. The zero-order valence-electron chi connectivity index (χ0n) is 36.6. The van der Waals surface area contributed by atoms with Crippen molar-refractivity contribution in [1.82, 2.24) is 0 Å². The van der Waals surface area contributed by atoms with Crippen LogP contribution in [-0.2, 0) is 19.6 Å². The van der Waals surface area contributed by atoms with E-state index in [1.54, 1.807) is 0 Å². The van der Waals surface area contributed by atoms with Crippen LogP contribution >= 0.6 is 0 Å². The number of ketones is 2. The minimum Gasteiger partial charge on any atom is -0.489 e. The molecule has 0 fully saturated rings. The van der Waals surface area contributed by atoms with Crippen LogP contribution in [0.25, 0.3) is 0 Å². The van der Waals surface area contributed by atoms with Crippen molar-refractivity contribution < 1.29 is 19.1 Å². The summed E-state index contributed by atoms with van der Waals surface area (Å²) in [5, 5.41) is 0. The molecule has 3 aromatic carbocycles. The maximum atomic E-state index is 13.7. The molecule has 0 radical (unpaired) electrons. The Labute approximate surface area is 344 Å². The number of aryl methyl sites for hydroxylation is 2. The van der Waals surface area contributed by atoms with Crippen LogP contribution in [0.1, 0.15) is 162 Å². The van der Waals surface area contributed by atoms with E-state index in [-0.39, 0.29) is 35.2 Å². The van der Waals surface area contributed by atoms with Gasteiger partial charge in [-0.15, -0.1) is 0 Å². The zero-order valence-corrected chi connectivity index (χ0v) is 36.6. The van der Waals surface area contributed by atoms with Gasteiger partial charge in [-0.25, -0.2) is 0 Å². The molecule has 57 heavy (non-hydrogen) atoms. The molecule has 0 saturated heterocycles. The monoisotopic (exact) mass is 773 g/mol. The molecule has 0 aromatic heterocycles. The lowest BCUT2D eigenvalue weighted by Crippen LogP contribution is -2.28. The van der Waals surface area contributed by atoms with E-state index in [1.807, 2.05) is 64.4 Å². The lowest BCUT2D eigenvalue weighted by Gasteiger charge is -2.28. The second-order valence-electron chi connectivity index (χ2n) is 16.2. The van der Waals surface area contributed by atoms with Gasteiger partial charge in [0.1, 0.15) is 24.7 Å². The standard InChI is InChI=1S/C49H62N2O4.C2H6/c1-11-31(6)17-36-15-14-16-46(52)42-23-39(13-3)48(25-44(42)50-26-36)55-29-38-20-37(21-40(22-38)30(4)5)28-54-47-24-45-43(19-33(47)8)49(53)35(10)34(9)41(27-51-45)18-32(7)12-2;1-2/h19-27,30,34-36,41H,6-7,11-18,28-29H2,1-5,8-10H3;1-2H3. The molecule has 0 saturated carbocycles. The maximum Gasteiger partial charge on any atom is 0.168 e. The smallest absolute Gasteiger partial charge is 0.168 e. The Hall–Kier alpha value is -4.58. The quantitative estimate of drug-likeness (QED) is 0.153. The molecule has 0 amide bonds. The van der Waals surface area contributed by atoms with E-state index in [0.717, 1.165) is 72.9 Å². The molecular weight excluding hydrogens is 705 g/mol. The fourth-order valence-corrected chi connectivity index (χ4v) is 7.58. The predicted octanol–water partition coefficient (Wildman–Crippen LogP) is 14.0. The van der Waals surface area contributed by atoms with Gasteiger partial charge in [0.25, 0.3) is 0 Å². The van der Waals surface area contributed by atoms with Gasteiger partial charge in [-0.2, -0.15) is 0 Å². The Kier molecular flexibility index (Phi) is 16.8. The first-order chi connectivity index (χ1) is 27.3. The fraction of sp³-hybridized carbons (Fsp3) is 0.490. The van der Waals surface area contributed by atoms with Gasteiger partial charge < -0.3 is 9.47 Å². The lowest BCUT2D eigenvalue weighted by atomic mass is 9.76. The van der Waals surface area contributed by atoms with E-state index >= 15 is 0 Å². The molecule has 2 heterocycles. The van der Waals surface area contributed by atoms with E-state index in [4.69, 9.17) is 19.5 Å². The van der Waals surface area contributed by atoms with Crippen molar-refractivity contribution in [1.29, 1.82) is 0 Å². The third-order valence-corrected chi connectivity index (χ3v) is 11.7. The minimum atomic E-state index is -0.127. The van der Waals surface area contributed by atoms with Gasteiger partial charge in [0.15, 0.2) is 11.6 Å². The Morgan fingerprint density at radius 1 is 0.789 bits per heavy atom. The highest BCUT2D eigenvalue weighted by atomic mass is 16.5. The normalized spacial score (nSPS) is 19.2. The van der Waals surface area contributed by atoms with Crippen molar-refractivity contribution in [3.8, 4) is 11.5 Å². The first-order valence-corrected chi connectivity index (χ1v) is 21.5. The number of allylic oxidation sites excluding steroid dienone is 2. The molecule has 0 N–H and O–H groups in total. The van der Waals surface area contributed by atoms with Gasteiger partial charge >= 0.3 is 0 Å². The summed E-state index contributed by atoms with van der Waals surface area (Å²) in [5.74, 6) is 2.50. The molecule has 4 unspecified atom stereocenters. The number of benzene rings is 3. The average molecular weight is 773 g/mol. The molecule has 0 bridgehead atoms. The van der Waals surface area contributed by atoms with Crippen molar-refractivity contribution in [2.45, 2.75) is 140 Å². The van der Waals surface area contributed by atoms with Crippen LogP contribution in [0.15, 0.2) is 76.8 Å². The average Bonchev–Trinajstić information content (AvgIpc) is 3.28. The number of rotatable bonds is 14. The number of nitrogens with zero attached hydrogens (tertiary/aromatic N) is 2. The fourth-order valence-electron chi connectivity index (χ4n) is 7.58. The van der Waals surface area contributed by atoms with Crippen molar-refractivity contribution in [2.75, 3.05) is 0 Å². The van der Waals surface area contributed by atoms with Crippen LogP contribution in [0.2, 0.25) is 0 Å². The van der Waals surface area contributed by atoms with E-state index in [9.17, 15) is 9.59 Å². The number of Topliss-reactive ketones (excluding diaryl/α,β-unsaturated/α-hetero) is 2. The molecule has 3 aromatic rings. The molecule has 2 aliphatic rings. The molecule has 0 aliphatic carbocycles. The number of hydrogen-bond acceptors (Lipinski definition) is 6. The summed E-state index contributed by atoms with van der Waals surface area (Å²) in [7, 11) is 0. The minimum absolute atomic E-state index is 0.127. The Balaban J connectivity index is 0.00000354. The van der Waals surface area contributed by atoms with Crippen LogP contribution < -0.4 is 9.47 Å². The molecular formula is C51H68N2O4. The Bertz CT molecular complexity index is 1970. The summed E-state index contributed by atoms with van der Waals surface area (Å²) in [4.78, 5) is 36.8. The van der Waals surface area contributed by atoms with Crippen LogP contribution in [0.4, 0.5) is 11.4 Å². The summed E-state index contributed by atoms with van der Waals surface area (Å²) in [6.07, 6.45) is 10.7. The molecule has 6 heteroatoms. The van der Waals surface area contributed by atoms with Crippen molar-refractivity contribution in [3.05, 3.63) is 106 Å². The van der Waals surface area contributed by atoms with Gasteiger partial charge in [-0.05, 0) is 116 Å². The number of hydrogen-bond donors (Lipinski definition) is 0. The molecule has 2 aliphatic heterocycles. The summed E-state index contributed by atoms with van der Waals surface area (Å²) >= 11 is 0. The molecule has 5 rings (SSSR count). The molecule has 306 valence electrons. The Morgan fingerprint density at radius 2 is 1.39 bits per heavy atom. The second kappa shape index (κ2) is 21.3. The number of fused-ring (bicyclic) bond motifs is 2. The molecule has 4 atom stereocenters. The Morgan fingerprint density at radius 3 is 2.02 bits per heavy atom. The summed E-state index contributed by atoms with van der Waals surface area (Å²) < 4.78 is 13.0. The summed E-state index contributed by atoms with van der Waals surface area (Å²) in [5.41, 5.74) is 10.3. The van der Waals surface area contributed by atoms with E-state index in [2.05, 4.69) is 72.9 Å². The SMILES string of the molecule is C=C(CC)CC1C=Nc2cc(OCc3cc(COc4cc5c(cc4C)C(=O)C(C)C(C)C(CC(=C)CC)C=N5)cc(C(C)C)c3)c(CC)cc2C(=O)CCC1.CC. The van der Waals surface area contributed by atoms with E-state index in [1.165, 1.54) is 16.7 Å². The highest BCUT2D eigenvalue weighted by Crippen LogP contribution is 2.38. The van der Waals surface area contributed by atoms with Gasteiger partial charge in [-0.3, -0.25) is 19.6 Å².